The molecule has 0 aromatic rings. The zero-order chi connectivity index (χ0) is 13.9. The summed E-state index contributed by atoms with van der Waals surface area (Å²) < 4.78 is 24.6. The van der Waals surface area contributed by atoms with Crippen LogP contribution in [-0.4, -0.2) is 32.5 Å². The molecule has 2 aliphatic rings. The maximum atomic E-state index is 12.3. The molecule has 0 aromatic carbocycles. The highest BCUT2D eigenvalue weighted by Crippen LogP contribution is 2.36. The van der Waals surface area contributed by atoms with Gasteiger partial charge in [0, 0.05) is 6.04 Å². The van der Waals surface area contributed by atoms with Gasteiger partial charge in [-0.25, -0.2) is 8.42 Å². The van der Waals surface area contributed by atoms with Gasteiger partial charge in [0.2, 0.25) is 0 Å². The molecule has 19 heavy (non-hydrogen) atoms. The highest BCUT2D eigenvalue weighted by atomic mass is 32.2. The van der Waals surface area contributed by atoms with Crippen LogP contribution in [0, 0.1) is 11.8 Å². The lowest BCUT2D eigenvalue weighted by Crippen LogP contribution is -2.50. The van der Waals surface area contributed by atoms with Gasteiger partial charge >= 0.3 is 0 Å². The Balaban J connectivity index is 2.03. The summed E-state index contributed by atoms with van der Waals surface area (Å²) in [6.45, 7) is 2.27. The van der Waals surface area contributed by atoms with Crippen molar-refractivity contribution in [1.82, 2.24) is 5.32 Å². The van der Waals surface area contributed by atoms with Gasteiger partial charge in [-0.1, -0.05) is 32.6 Å². The van der Waals surface area contributed by atoms with E-state index in [1.54, 1.807) is 0 Å². The van der Waals surface area contributed by atoms with Crippen molar-refractivity contribution < 1.29 is 8.42 Å². The standard InChI is InChI=1S/C15H29NO2S/c1-3-12-7-9-13(10-8-12)15(16-2)14-6-4-5-11-19(14,17)18/h12-16H,3-11H2,1-2H3. The minimum absolute atomic E-state index is 0.130. The van der Waals surface area contributed by atoms with Crippen LogP contribution in [0.2, 0.25) is 0 Å². The Bertz CT molecular complexity index is 372. The molecule has 1 aliphatic heterocycles. The lowest BCUT2D eigenvalue weighted by molar-refractivity contribution is 0.214. The molecule has 0 bridgehead atoms. The fourth-order valence-electron chi connectivity index (χ4n) is 4.06. The number of sulfone groups is 1. The molecule has 0 radical (unpaired) electrons. The Hall–Kier alpha value is -0.0900. The third-order valence-electron chi connectivity index (χ3n) is 5.34. The second-order valence-electron chi connectivity index (χ2n) is 6.40. The summed E-state index contributed by atoms with van der Waals surface area (Å²) in [6, 6.07) is 0.183. The largest absolute Gasteiger partial charge is 0.315 e. The third kappa shape index (κ3) is 3.52. The van der Waals surface area contributed by atoms with Gasteiger partial charge in [-0.05, 0) is 44.6 Å². The van der Waals surface area contributed by atoms with Crippen molar-refractivity contribution in [2.75, 3.05) is 12.8 Å². The fraction of sp³-hybridized carbons (Fsp3) is 1.00. The first-order chi connectivity index (χ1) is 9.08. The summed E-state index contributed by atoms with van der Waals surface area (Å²) >= 11 is 0. The van der Waals surface area contributed by atoms with E-state index in [2.05, 4.69) is 12.2 Å². The van der Waals surface area contributed by atoms with Gasteiger partial charge in [0.05, 0.1) is 11.0 Å². The molecule has 1 N–H and O–H groups in total. The van der Waals surface area contributed by atoms with E-state index in [0.29, 0.717) is 11.7 Å². The molecule has 2 atom stereocenters. The van der Waals surface area contributed by atoms with Crippen LogP contribution in [0.1, 0.15) is 58.3 Å². The third-order valence-corrected chi connectivity index (χ3v) is 7.65. The fourth-order valence-corrected chi connectivity index (χ4v) is 6.30. The highest BCUT2D eigenvalue weighted by molar-refractivity contribution is 7.92. The van der Waals surface area contributed by atoms with Crippen LogP contribution in [0.15, 0.2) is 0 Å². The average Bonchev–Trinajstić information content (AvgIpc) is 2.42. The molecule has 0 aromatic heterocycles. The maximum absolute atomic E-state index is 12.3. The zero-order valence-corrected chi connectivity index (χ0v) is 13.2. The van der Waals surface area contributed by atoms with Crippen molar-refractivity contribution in [3.8, 4) is 0 Å². The predicted molar refractivity (Wildman–Crippen MR) is 80.0 cm³/mol. The number of hydrogen-bond donors (Lipinski definition) is 1. The molecule has 2 fully saturated rings. The first-order valence-corrected chi connectivity index (χ1v) is 9.69. The molecule has 2 rings (SSSR count). The molecule has 1 saturated carbocycles. The number of nitrogens with one attached hydrogen (secondary N) is 1. The van der Waals surface area contributed by atoms with Gasteiger partial charge < -0.3 is 5.32 Å². The van der Waals surface area contributed by atoms with E-state index in [0.717, 1.165) is 25.2 Å². The molecule has 1 saturated heterocycles. The summed E-state index contributed by atoms with van der Waals surface area (Å²) in [5, 5.41) is 3.22. The quantitative estimate of drug-likeness (QED) is 0.865. The summed E-state index contributed by atoms with van der Waals surface area (Å²) in [4.78, 5) is 0. The van der Waals surface area contributed by atoms with E-state index < -0.39 is 9.84 Å². The summed E-state index contributed by atoms with van der Waals surface area (Å²) in [5.74, 6) is 1.84. The van der Waals surface area contributed by atoms with Crippen molar-refractivity contribution in [2.45, 2.75) is 69.6 Å². The van der Waals surface area contributed by atoms with E-state index in [9.17, 15) is 8.42 Å². The molecule has 4 heteroatoms. The Morgan fingerprint density at radius 1 is 1.11 bits per heavy atom. The number of rotatable bonds is 4. The van der Waals surface area contributed by atoms with Crippen LogP contribution in [0.3, 0.4) is 0 Å². The van der Waals surface area contributed by atoms with Gasteiger partial charge in [-0.15, -0.1) is 0 Å². The van der Waals surface area contributed by atoms with E-state index in [4.69, 9.17) is 0 Å². The lowest BCUT2D eigenvalue weighted by Gasteiger charge is -2.38. The molecule has 2 unspecified atom stereocenters. The van der Waals surface area contributed by atoms with Crippen LogP contribution in [0.5, 0.6) is 0 Å². The topological polar surface area (TPSA) is 46.2 Å². The summed E-state index contributed by atoms with van der Waals surface area (Å²) in [7, 11) is -0.921. The zero-order valence-electron chi connectivity index (χ0n) is 12.4. The molecule has 3 nitrogen and oxygen atoms in total. The van der Waals surface area contributed by atoms with E-state index in [1.807, 2.05) is 7.05 Å². The number of hydrogen-bond acceptors (Lipinski definition) is 3. The molecular formula is C15H29NO2S. The van der Waals surface area contributed by atoms with Gasteiger partial charge in [-0.3, -0.25) is 0 Å². The van der Waals surface area contributed by atoms with Crippen molar-refractivity contribution in [3.05, 3.63) is 0 Å². The van der Waals surface area contributed by atoms with Crippen LogP contribution in [0.4, 0.5) is 0 Å². The first kappa shape index (κ1) is 15.3. The average molecular weight is 287 g/mol. The Morgan fingerprint density at radius 2 is 1.79 bits per heavy atom. The van der Waals surface area contributed by atoms with Crippen LogP contribution < -0.4 is 5.32 Å². The van der Waals surface area contributed by atoms with E-state index in [1.165, 1.54) is 32.1 Å². The second kappa shape index (κ2) is 6.57. The molecule has 0 amide bonds. The smallest absolute Gasteiger partial charge is 0.154 e. The Morgan fingerprint density at radius 3 is 2.32 bits per heavy atom. The Labute approximate surface area is 118 Å². The van der Waals surface area contributed by atoms with E-state index in [-0.39, 0.29) is 11.3 Å². The SMILES string of the molecule is CCC1CCC(C(NC)C2CCCCS2(=O)=O)CC1. The minimum atomic E-state index is -2.87. The molecule has 1 heterocycles. The van der Waals surface area contributed by atoms with Crippen molar-refractivity contribution in [2.24, 2.45) is 11.8 Å². The second-order valence-corrected chi connectivity index (χ2v) is 8.74. The molecule has 1 aliphatic carbocycles. The molecule has 112 valence electrons. The van der Waals surface area contributed by atoms with Crippen LogP contribution in [0.25, 0.3) is 0 Å². The monoisotopic (exact) mass is 287 g/mol. The van der Waals surface area contributed by atoms with Crippen molar-refractivity contribution >= 4 is 9.84 Å². The first-order valence-electron chi connectivity index (χ1n) is 7.97. The summed E-state index contributed by atoms with van der Waals surface area (Å²) in [5.41, 5.74) is 0. The van der Waals surface area contributed by atoms with Gasteiger partial charge in [-0.2, -0.15) is 0 Å². The van der Waals surface area contributed by atoms with Crippen molar-refractivity contribution in [3.63, 3.8) is 0 Å². The van der Waals surface area contributed by atoms with Crippen LogP contribution in [-0.2, 0) is 9.84 Å². The van der Waals surface area contributed by atoms with Gasteiger partial charge in [0.15, 0.2) is 9.84 Å². The molecular weight excluding hydrogens is 258 g/mol. The normalized spacial score (nSPS) is 36.8. The maximum Gasteiger partial charge on any atom is 0.154 e. The van der Waals surface area contributed by atoms with Crippen LogP contribution >= 0.6 is 0 Å². The van der Waals surface area contributed by atoms with Crippen molar-refractivity contribution in [1.29, 1.82) is 0 Å². The lowest BCUT2D eigenvalue weighted by atomic mass is 9.76. The highest BCUT2D eigenvalue weighted by Gasteiger charge is 2.39. The molecule has 0 spiro atoms. The predicted octanol–water partition coefficient (Wildman–Crippen LogP) is 2.76. The minimum Gasteiger partial charge on any atom is -0.315 e. The Kier molecular flexibility index (Phi) is 5.29. The van der Waals surface area contributed by atoms with E-state index >= 15 is 0 Å². The van der Waals surface area contributed by atoms with Gasteiger partial charge in [0.25, 0.3) is 0 Å². The summed E-state index contributed by atoms with van der Waals surface area (Å²) in [6.07, 6.45) is 9.05. The van der Waals surface area contributed by atoms with Gasteiger partial charge in [0.1, 0.15) is 0 Å².